The molecule has 0 aliphatic heterocycles. The van der Waals surface area contributed by atoms with Crippen molar-refractivity contribution in [3.8, 4) is 5.69 Å². The lowest BCUT2D eigenvalue weighted by atomic mass is 10.2. The monoisotopic (exact) mass is 432 g/mol. The zero-order valence-electron chi connectivity index (χ0n) is 15.9. The van der Waals surface area contributed by atoms with E-state index in [0.29, 0.717) is 10.6 Å². The maximum Gasteiger partial charge on any atom is 0.350 e. The highest BCUT2D eigenvalue weighted by molar-refractivity contribution is 7.89. The van der Waals surface area contributed by atoms with Gasteiger partial charge in [-0.3, -0.25) is 0 Å². The summed E-state index contributed by atoms with van der Waals surface area (Å²) in [5, 5.41) is 4.83. The summed E-state index contributed by atoms with van der Waals surface area (Å²) in [6.07, 6.45) is 2.01. The van der Waals surface area contributed by atoms with Crippen molar-refractivity contribution in [2.75, 3.05) is 6.54 Å². The Hall–Kier alpha value is -2.42. The fourth-order valence-corrected chi connectivity index (χ4v) is 4.75. The summed E-state index contributed by atoms with van der Waals surface area (Å²) in [7, 11) is -3.74. The highest BCUT2D eigenvalue weighted by Gasteiger charge is 2.31. The third-order valence-corrected chi connectivity index (χ3v) is 6.71. The molecule has 3 aromatic rings. The highest BCUT2D eigenvalue weighted by atomic mass is 35.5. The van der Waals surface area contributed by atoms with E-state index in [1.54, 1.807) is 23.6 Å². The molecule has 152 valence electrons. The van der Waals surface area contributed by atoms with Crippen LogP contribution in [-0.2, 0) is 16.6 Å². The molecule has 7 nitrogen and oxygen atoms in total. The summed E-state index contributed by atoms with van der Waals surface area (Å²) < 4.78 is 30.7. The number of halogens is 1. The van der Waals surface area contributed by atoms with Gasteiger partial charge in [0, 0.05) is 17.5 Å². The largest absolute Gasteiger partial charge is 0.350 e. The Bertz CT molecular complexity index is 1200. The van der Waals surface area contributed by atoms with Crippen LogP contribution in [0.25, 0.3) is 5.69 Å². The molecule has 0 bridgehead atoms. The molecule has 1 fully saturated rings. The lowest BCUT2D eigenvalue weighted by Crippen LogP contribution is -2.32. The SMILES string of the molecule is Cc1ccc(Cl)cc1S(=O)(=O)NCCn1nc(C2CC2)n(-c2ccccc2)c1=O. The van der Waals surface area contributed by atoms with Crippen LogP contribution >= 0.6 is 11.6 Å². The van der Waals surface area contributed by atoms with Gasteiger partial charge in [-0.2, -0.15) is 5.10 Å². The van der Waals surface area contributed by atoms with E-state index in [0.717, 1.165) is 24.4 Å². The lowest BCUT2D eigenvalue weighted by molar-refractivity contribution is 0.550. The summed E-state index contributed by atoms with van der Waals surface area (Å²) in [6, 6.07) is 14.1. The first-order valence-corrected chi connectivity index (χ1v) is 11.2. The Labute approximate surface area is 174 Å². The highest BCUT2D eigenvalue weighted by Crippen LogP contribution is 2.39. The van der Waals surface area contributed by atoms with Crippen molar-refractivity contribution >= 4 is 21.6 Å². The summed E-state index contributed by atoms with van der Waals surface area (Å²) in [4.78, 5) is 13.0. The molecule has 0 unspecified atom stereocenters. The van der Waals surface area contributed by atoms with E-state index in [1.807, 2.05) is 30.3 Å². The molecule has 2 aromatic carbocycles. The zero-order valence-corrected chi connectivity index (χ0v) is 17.4. The van der Waals surface area contributed by atoms with Crippen LogP contribution in [0, 0.1) is 6.92 Å². The van der Waals surface area contributed by atoms with E-state index in [4.69, 9.17) is 11.6 Å². The van der Waals surface area contributed by atoms with E-state index < -0.39 is 10.0 Å². The number of hydrogen-bond donors (Lipinski definition) is 1. The Kier molecular flexibility index (Phi) is 5.33. The Balaban J connectivity index is 1.55. The van der Waals surface area contributed by atoms with E-state index in [9.17, 15) is 13.2 Å². The molecule has 1 aliphatic carbocycles. The van der Waals surface area contributed by atoms with Crippen LogP contribution in [0.1, 0.15) is 30.1 Å². The molecule has 1 N–H and O–H groups in total. The average molecular weight is 433 g/mol. The minimum absolute atomic E-state index is 0.0457. The number of aryl methyl sites for hydroxylation is 1. The van der Waals surface area contributed by atoms with Gasteiger partial charge < -0.3 is 0 Å². The topological polar surface area (TPSA) is 86.0 Å². The van der Waals surface area contributed by atoms with Crippen molar-refractivity contribution in [2.24, 2.45) is 0 Å². The fourth-order valence-electron chi connectivity index (χ4n) is 3.22. The van der Waals surface area contributed by atoms with Gasteiger partial charge in [0.05, 0.1) is 17.1 Å². The number of hydrogen-bond acceptors (Lipinski definition) is 4. The Morgan fingerprint density at radius 2 is 1.90 bits per heavy atom. The third kappa shape index (κ3) is 4.14. The van der Waals surface area contributed by atoms with Crippen LogP contribution in [0.2, 0.25) is 5.02 Å². The predicted molar refractivity (Wildman–Crippen MR) is 111 cm³/mol. The van der Waals surface area contributed by atoms with Crippen molar-refractivity contribution in [3.63, 3.8) is 0 Å². The van der Waals surface area contributed by atoms with Gasteiger partial charge >= 0.3 is 5.69 Å². The molecule has 0 amide bonds. The summed E-state index contributed by atoms with van der Waals surface area (Å²) in [6.45, 7) is 1.89. The van der Waals surface area contributed by atoms with Crippen molar-refractivity contribution in [3.05, 3.63) is 75.4 Å². The molecule has 0 atom stereocenters. The number of nitrogens with zero attached hydrogens (tertiary/aromatic N) is 3. The van der Waals surface area contributed by atoms with E-state index in [1.165, 1.54) is 10.7 Å². The van der Waals surface area contributed by atoms with Crippen molar-refractivity contribution < 1.29 is 8.42 Å². The predicted octanol–water partition coefficient (Wildman–Crippen LogP) is 2.85. The van der Waals surface area contributed by atoms with Crippen LogP contribution in [0.3, 0.4) is 0 Å². The zero-order chi connectivity index (χ0) is 20.6. The van der Waals surface area contributed by atoms with Gasteiger partial charge in [0.1, 0.15) is 5.82 Å². The number of para-hydroxylation sites is 1. The molecule has 4 rings (SSSR count). The van der Waals surface area contributed by atoms with Gasteiger partial charge in [-0.25, -0.2) is 27.2 Å². The molecule has 0 radical (unpaired) electrons. The number of nitrogens with one attached hydrogen (secondary N) is 1. The van der Waals surface area contributed by atoms with Crippen molar-refractivity contribution in [1.29, 1.82) is 0 Å². The van der Waals surface area contributed by atoms with Gasteiger partial charge in [0.25, 0.3) is 0 Å². The second-order valence-electron chi connectivity index (χ2n) is 7.12. The molecule has 1 aromatic heterocycles. The van der Waals surface area contributed by atoms with E-state index >= 15 is 0 Å². The molecule has 9 heteroatoms. The Morgan fingerprint density at radius 3 is 2.59 bits per heavy atom. The van der Waals surface area contributed by atoms with E-state index in [-0.39, 0.29) is 29.6 Å². The van der Waals surface area contributed by atoms with Crippen molar-refractivity contribution in [1.82, 2.24) is 19.1 Å². The lowest BCUT2D eigenvalue weighted by Gasteiger charge is -2.09. The number of benzene rings is 2. The van der Waals surface area contributed by atoms with Gasteiger partial charge in [0.2, 0.25) is 10.0 Å². The van der Waals surface area contributed by atoms with Crippen LogP contribution in [-0.4, -0.2) is 29.3 Å². The minimum atomic E-state index is -3.74. The number of rotatable bonds is 7. The van der Waals surface area contributed by atoms with E-state index in [2.05, 4.69) is 9.82 Å². The fraction of sp³-hybridized carbons (Fsp3) is 0.300. The van der Waals surface area contributed by atoms with Gasteiger partial charge in [-0.1, -0.05) is 35.9 Å². The van der Waals surface area contributed by atoms with Gasteiger partial charge in [-0.15, -0.1) is 0 Å². The van der Waals surface area contributed by atoms with Crippen LogP contribution in [0.15, 0.2) is 58.2 Å². The van der Waals surface area contributed by atoms with Crippen LogP contribution in [0.4, 0.5) is 0 Å². The summed E-state index contributed by atoms with van der Waals surface area (Å²) in [5.74, 6) is 1.00. The second kappa shape index (κ2) is 7.78. The molecule has 0 saturated heterocycles. The third-order valence-electron chi connectivity index (χ3n) is 4.88. The average Bonchev–Trinajstić information content (AvgIpc) is 3.49. The second-order valence-corrected chi connectivity index (χ2v) is 9.29. The standard InChI is InChI=1S/C20H21ClN4O3S/c1-14-7-10-16(21)13-18(14)29(27,28)22-11-12-24-20(26)25(17-5-3-2-4-6-17)19(23-24)15-8-9-15/h2-7,10,13,15,22H,8-9,11-12H2,1H3. The van der Waals surface area contributed by atoms with Gasteiger partial charge in [0.15, 0.2) is 0 Å². The number of sulfonamides is 1. The molecule has 1 heterocycles. The molecule has 0 spiro atoms. The first-order valence-electron chi connectivity index (χ1n) is 9.38. The van der Waals surface area contributed by atoms with Crippen molar-refractivity contribution in [2.45, 2.75) is 37.1 Å². The summed E-state index contributed by atoms with van der Waals surface area (Å²) in [5.41, 5.74) is 1.10. The smallest absolute Gasteiger partial charge is 0.247 e. The quantitative estimate of drug-likeness (QED) is 0.622. The van der Waals surface area contributed by atoms with Crippen LogP contribution in [0.5, 0.6) is 0 Å². The van der Waals surface area contributed by atoms with Gasteiger partial charge in [-0.05, 0) is 49.6 Å². The first kappa shape index (κ1) is 19.9. The Morgan fingerprint density at radius 1 is 1.17 bits per heavy atom. The van der Waals surface area contributed by atoms with Crippen LogP contribution < -0.4 is 10.4 Å². The first-order chi connectivity index (χ1) is 13.9. The molecular formula is C20H21ClN4O3S. The molecule has 1 aliphatic rings. The summed E-state index contributed by atoms with van der Waals surface area (Å²) >= 11 is 5.94. The molecule has 1 saturated carbocycles. The maximum absolute atomic E-state index is 12.9. The minimum Gasteiger partial charge on any atom is -0.247 e. The normalized spacial score (nSPS) is 14.3. The number of aromatic nitrogens is 3. The molecule has 29 heavy (non-hydrogen) atoms. The molecular weight excluding hydrogens is 412 g/mol. The maximum atomic E-state index is 12.9.